The van der Waals surface area contributed by atoms with Gasteiger partial charge in [-0.05, 0) is 12.5 Å². The van der Waals surface area contributed by atoms with E-state index in [0.717, 1.165) is 0 Å². The molecular weight excluding hydrogens is 348 g/mol. The molecule has 0 radical (unpaired) electrons. The third-order valence-electron chi connectivity index (χ3n) is 3.96. The van der Waals surface area contributed by atoms with Crippen LogP contribution in [0.15, 0.2) is 24.8 Å². The molecule has 0 aliphatic carbocycles. The minimum absolute atomic E-state index is 1.19. The van der Waals surface area contributed by atoms with E-state index in [1.54, 1.807) is 18.5 Å². The molecule has 0 fully saturated rings. The topological polar surface area (TPSA) is 25.8 Å². The van der Waals surface area contributed by atoms with Crippen LogP contribution >= 0.6 is 15.9 Å². The van der Waals surface area contributed by atoms with Gasteiger partial charge in [-0.15, -0.1) is 0 Å². The first-order chi connectivity index (χ1) is 11.4. The van der Waals surface area contributed by atoms with Crippen molar-refractivity contribution in [1.82, 2.24) is 9.97 Å². The van der Waals surface area contributed by atoms with E-state index in [0.29, 0.717) is 0 Å². The summed E-state index contributed by atoms with van der Waals surface area (Å²) < 4.78 is 0. The predicted molar refractivity (Wildman–Crippen MR) is 106 cm³/mol. The van der Waals surface area contributed by atoms with Gasteiger partial charge in [-0.2, -0.15) is 0 Å². The minimum atomic E-state index is 1.19. The van der Waals surface area contributed by atoms with Crippen LogP contribution in [0.4, 0.5) is 0 Å². The molecule has 0 bridgehead atoms. The van der Waals surface area contributed by atoms with Gasteiger partial charge in [-0.3, -0.25) is 0 Å². The van der Waals surface area contributed by atoms with Gasteiger partial charge >= 0.3 is 0 Å². The van der Waals surface area contributed by atoms with Gasteiger partial charge in [0.2, 0.25) is 0 Å². The molecule has 1 aromatic rings. The summed E-state index contributed by atoms with van der Waals surface area (Å²) in [6.45, 7) is 2.29. The summed E-state index contributed by atoms with van der Waals surface area (Å²) in [5.74, 6) is 0. The van der Waals surface area contributed by atoms with Gasteiger partial charge in [0.25, 0.3) is 0 Å². The van der Waals surface area contributed by atoms with Gasteiger partial charge in [0.1, 0.15) is 6.33 Å². The Balaban J connectivity index is 0.000000664. The largest absolute Gasteiger partial charge is 0.245 e. The molecule has 0 aromatic carbocycles. The molecule has 1 rings (SSSR count). The first kappa shape index (κ1) is 22.6. The zero-order chi connectivity index (χ0) is 16.8. The Labute approximate surface area is 153 Å². The lowest BCUT2D eigenvalue weighted by Crippen LogP contribution is -1.83. The zero-order valence-corrected chi connectivity index (χ0v) is 16.8. The van der Waals surface area contributed by atoms with Crippen LogP contribution in [0.3, 0.4) is 0 Å². The van der Waals surface area contributed by atoms with Crippen molar-refractivity contribution in [3.05, 3.63) is 24.8 Å². The van der Waals surface area contributed by atoms with E-state index in [4.69, 9.17) is 0 Å². The molecule has 0 amide bonds. The number of hydrogen-bond donors (Lipinski definition) is 0. The maximum atomic E-state index is 3.67. The van der Waals surface area contributed by atoms with Crippen LogP contribution in [-0.4, -0.2) is 15.3 Å². The standard InChI is InChI=1S/C16H33Br.C4H4N2/c1-2-3-4-5-6-7-8-9-10-11-12-13-14-15-16-17;1-2-5-4-6-3-1/h2-16H2,1H3;1-4H. The molecule has 23 heavy (non-hydrogen) atoms. The van der Waals surface area contributed by atoms with Crippen molar-refractivity contribution in [2.24, 2.45) is 0 Å². The summed E-state index contributed by atoms with van der Waals surface area (Å²) in [5.41, 5.74) is 0. The summed E-state index contributed by atoms with van der Waals surface area (Å²) in [6.07, 6.45) is 25.2. The Morgan fingerprint density at radius 2 is 1.00 bits per heavy atom. The number of unbranched alkanes of at least 4 members (excludes halogenated alkanes) is 13. The molecule has 1 heterocycles. The third kappa shape index (κ3) is 21.6. The van der Waals surface area contributed by atoms with Crippen molar-refractivity contribution >= 4 is 15.9 Å². The highest BCUT2D eigenvalue weighted by atomic mass is 79.9. The molecule has 0 unspecified atom stereocenters. The fourth-order valence-electron chi connectivity index (χ4n) is 2.54. The molecule has 0 aliphatic rings. The van der Waals surface area contributed by atoms with Gasteiger partial charge in [0.15, 0.2) is 0 Å². The van der Waals surface area contributed by atoms with E-state index in [1.165, 1.54) is 102 Å². The van der Waals surface area contributed by atoms with Crippen LogP contribution in [0.1, 0.15) is 96.8 Å². The number of halogens is 1. The van der Waals surface area contributed by atoms with Crippen molar-refractivity contribution in [3.63, 3.8) is 0 Å². The second-order valence-electron chi connectivity index (χ2n) is 6.19. The summed E-state index contributed by atoms with van der Waals surface area (Å²) in [7, 11) is 0. The highest BCUT2D eigenvalue weighted by Crippen LogP contribution is 2.12. The monoisotopic (exact) mass is 384 g/mol. The van der Waals surface area contributed by atoms with Crippen molar-refractivity contribution in [1.29, 1.82) is 0 Å². The predicted octanol–water partition coefficient (Wildman–Crippen LogP) is 7.34. The first-order valence-corrected chi connectivity index (χ1v) is 10.8. The maximum absolute atomic E-state index is 3.67. The summed E-state index contributed by atoms with van der Waals surface area (Å²) in [4.78, 5) is 7.35. The van der Waals surface area contributed by atoms with E-state index >= 15 is 0 Å². The minimum Gasteiger partial charge on any atom is -0.245 e. The molecule has 1 aromatic heterocycles. The van der Waals surface area contributed by atoms with Crippen LogP contribution in [0.5, 0.6) is 0 Å². The lowest BCUT2D eigenvalue weighted by Gasteiger charge is -2.02. The average molecular weight is 385 g/mol. The first-order valence-electron chi connectivity index (χ1n) is 9.67. The smallest absolute Gasteiger partial charge is 0.115 e. The number of nitrogens with zero attached hydrogens (tertiary/aromatic N) is 2. The summed E-state index contributed by atoms with van der Waals surface area (Å²) in [6, 6.07) is 1.78. The lowest BCUT2D eigenvalue weighted by atomic mass is 10.0. The fourth-order valence-corrected chi connectivity index (χ4v) is 2.94. The van der Waals surface area contributed by atoms with Gasteiger partial charge < -0.3 is 0 Å². The average Bonchev–Trinajstić information content (AvgIpc) is 2.61. The van der Waals surface area contributed by atoms with E-state index in [2.05, 4.69) is 32.8 Å². The molecule has 0 saturated carbocycles. The van der Waals surface area contributed by atoms with Crippen LogP contribution < -0.4 is 0 Å². The van der Waals surface area contributed by atoms with Crippen LogP contribution in [-0.2, 0) is 0 Å². The number of hydrogen-bond acceptors (Lipinski definition) is 2. The molecule has 2 nitrogen and oxygen atoms in total. The molecule has 3 heteroatoms. The number of rotatable bonds is 14. The zero-order valence-electron chi connectivity index (χ0n) is 15.2. The van der Waals surface area contributed by atoms with Gasteiger partial charge in [0.05, 0.1) is 0 Å². The lowest BCUT2D eigenvalue weighted by molar-refractivity contribution is 0.538. The van der Waals surface area contributed by atoms with Crippen LogP contribution in [0, 0.1) is 0 Å². The van der Waals surface area contributed by atoms with Gasteiger partial charge in [0, 0.05) is 17.7 Å². The van der Waals surface area contributed by atoms with Crippen LogP contribution in [0.25, 0.3) is 0 Å². The Hall–Kier alpha value is -0.440. The molecule has 0 saturated heterocycles. The van der Waals surface area contributed by atoms with E-state index in [-0.39, 0.29) is 0 Å². The normalized spacial score (nSPS) is 10.2. The highest BCUT2D eigenvalue weighted by molar-refractivity contribution is 9.09. The maximum Gasteiger partial charge on any atom is 0.115 e. The van der Waals surface area contributed by atoms with Crippen molar-refractivity contribution in [2.75, 3.05) is 5.33 Å². The molecule has 0 spiro atoms. The molecule has 0 atom stereocenters. The van der Waals surface area contributed by atoms with Crippen molar-refractivity contribution in [3.8, 4) is 0 Å². The number of aromatic nitrogens is 2. The SMILES string of the molecule is CCCCCCCCCCCCCCCCBr.c1cncnc1. The van der Waals surface area contributed by atoms with E-state index < -0.39 is 0 Å². The summed E-state index contributed by atoms with van der Waals surface area (Å²) >= 11 is 3.48. The van der Waals surface area contributed by atoms with Crippen LogP contribution in [0.2, 0.25) is 0 Å². The Bertz CT molecular complexity index is 252. The second kappa shape index (κ2) is 21.6. The van der Waals surface area contributed by atoms with Gasteiger partial charge in [-0.1, -0.05) is 106 Å². The second-order valence-corrected chi connectivity index (χ2v) is 6.98. The summed E-state index contributed by atoms with van der Waals surface area (Å²) in [5, 5.41) is 1.19. The molecular formula is C20H37BrN2. The molecule has 134 valence electrons. The third-order valence-corrected chi connectivity index (χ3v) is 4.53. The Morgan fingerprint density at radius 1 is 0.609 bits per heavy atom. The quantitative estimate of drug-likeness (QED) is 0.247. The fraction of sp³-hybridized carbons (Fsp3) is 0.800. The molecule has 0 aliphatic heterocycles. The Kier molecular flexibility index (Phi) is 21.1. The molecule has 0 N–H and O–H groups in total. The highest BCUT2D eigenvalue weighted by Gasteiger charge is 1.93. The Morgan fingerprint density at radius 3 is 1.26 bits per heavy atom. The van der Waals surface area contributed by atoms with Crippen molar-refractivity contribution < 1.29 is 0 Å². The van der Waals surface area contributed by atoms with E-state index in [1.807, 2.05) is 0 Å². The van der Waals surface area contributed by atoms with E-state index in [9.17, 15) is 0 Å². The van der Waals surface area contributed by atoms with Crippen molar-refractivity contribution in [2.45, 2.75) is 96.8 Å². The van der Waals surface area contributed by atoms with Gasteiger partial charge in [-0.25, -0.2) is 9.97 Å². The number of alkyl halides is 1.